The zero-order chi connectivity index (χ0) is 10.9. The van der Waals surface area contributed by atoms with Gasteiger partial charge in [-0.25, -0.2) is 0 Å². The highest BCUT2D eigenvalue weighted by Gasteiger charge is 2.49. The molecule has 1 saturated carbocycles. The van der Waals surface area contributed by atoms with Gasteiger partial charge in [-0.1, -0.05) is 25.6 Å². The summed E-state index contributed by atoms with van der Waals surface area (Å²) in [5.74, 6) is 1.13. The van der Waals surface area contributed by atoms with Gasteiger partial charge in [0, 0.05) is 23.8 Å². The predicted molar refractivity (Wildman–Crippen MR) is 65.5 cm³/mol. The van der Waals surface area contributed by atoms with Crippen LogP contribution < -0.4 is 5.32 Å². The Hall–Kier alpha value is -0.220. The van der Waals surface area contributed by atoms with E-state index in [1.165, 1.54) is 0 Å². The average Bonchev–Trinajstić information content (AvgIpc) is 2.69. The number of nitrogens with one attached hydrogen (secondary N) is 1. The van der Waals surface area contributed by atoms with Crippen molar-refractivity contribution in [1.82, 2.24) is 5.32 Å². The Labute approximate surface area is 96.1 Å². The highest BCUT2D eigenvalue weighted by Crippen LogP contribution is 2.43. The Kier molecular flexibility index (Phi) is 3.26. The lowest BCUT2D eigenvalue weighted by atomic mass is 9.64. The van der Waals surface area contributed by atoms with Crippen LogP contribution in [0.5, 0.6) is 0 Å². The van der Waals surface area contributed by atoms with Crippen LogP contribution in [0, 0.1) is 5.41 Å². The number of ether oxygens (including phenoxy) is 1. The molecule has 1 aliphatic heterocycles. The lowest BCUT2D eigenvalue weighted by Crippen LogP contribution is -2.61. The SMILES string of the molecule is CCOC1CC(NC2=NCCS2)C1(C)C. The van der Waals surface area contributed by atoms with Crippen LogP contribution in [-0.4, -0.2) is 36.2 Å². The van der Waals surface area contributed by atoms with Crippen LogP contribution in [0.25, 0.3) is 0 Å². The van der Waals surface area contributed by atoms with E-state index in [0.717, 1.165) is 30.5 Å². The standard InChI is InChI=1S/C11H20N2OS/c1-4-14-9-7-8(11(9,2)3)13-10-12-5-6-15-10/h8-9H,4-7H2,1-3H3,(H,12,13). The summed E-state index contributed by atoms with van der Waals surface area (Å²) in [6.45, 7) is 8.39. The molecular weight excluding hydrogens is 208 g/mol. The van der Waals surface area contributed by atoms with Gasteiger partial charge in [0.25, 0.3) is 0 Å². The molecule has 0 aromatic carbocycles. The van der Waals surface area contributed by atoms with Crippen molar-refractivity contribution < 1.29 is 4.74 Å². The summed E-state index contributed by atoms with van der Waals surface area (Å²) in [7, 11) is 0. The van der Waals surface area contributed by atoms with E-state index in [-0.39, 0.29) is 5.41 Å². The summed E-state index contributed by atoms with van der Waals surface area (Å²) in [6, 6.07) is 0.526. The second-order valence-electron chi connectivity index (χ2n) is 4.73. The fourth-order valence-electron chi connectivity index (χ4n) is 2.19. The molecule has 0 aromatic rings. The number of rotatable bonds is 3. The second kappa shape index (κ2) is 4.34. The van der Waals surface area contributed by atoms with Gasteiger partial charge >= 0.3 is 0 Å². The Bertz CT molecular complexity index is 265. The van der Waals surface area contributed by atoms with Crippen LogP contribution in [-0.2, 0) is 4.74 Å². The van der Waals surface area contributed by atoms with Crippen molar-refractivity contribution in [2.24, 2.45) is 10.4 Å². The van der Waals surface area contributed by atoms with Crippen molar-refractivity contribution in [2.45, 2.75) is 39.3 Å². The van der Waals surface area contributed by atoms with Gasteiger partial charge < -0.3 is 10.1 Å². The zero-order valence-electron chi connectivity index (χ0n) is 9.75. The molecule has 1 heterocycles. The van der Waals surface area contributed by atoms with Gasteiger partial charge in [0.05, 0.1) is 12.6 Å². The number of nitrogens with zero attached hydrogens (tertiary/aromatic N) is 1. The molecule has 1 N–H and O–H groups in total. The minimum Gasteiger partial charge on any atom is -0.378 e. The highest BCUT2D eigenvalue weighted by atomic mass is 32.2. The molecule has 2 unspecified atom stereocenters. The number of hydrogen-bond acceptors (Lipinski definition) is 4. The van der Waals surface area contributed by atoms with Crippen molar-refractivity contribution in [1.29, 1.82) is 0 Å². The molecule has 1 fully saturated rings. The summed E-state index contributed by atoms with van der Waals surface area (Å²) < 4.78 is 5.70. The molecule has 86 valence electrons. The molecule has 2 rings (SSSR count). The van der Waals surface area contributed by atoms with E-state index in [9.17, 15) is 0 Å². The third-order valence-electron chi connectivity index (χ3n) is 3.43. The molecule has 15 heavy (non-hydrogen) atoms. The lowest BCUT2D eigenvalue weighted by molar-refractivity contribution is -0.109. The van der Waals surface area contributed by atoms with Crippen LogP contribution in [0.15, 0.2) is 4.99 Å². The smallest absolute Gasteiger partial charge is 0.156 e. The molecule has 3 nitrogen and oxygen atoms in total. The minimum absolute atomic E-state index is 0.238. The van der Waals surface area contributed by atoms with E-state index in [1.807, 2.05) is 11.8 Å². The third kappa shape index (κ3) is 2.16. The maximum Gasteiger partial charge on any atom is 0.156 e. The number of thioether (sulfide) groups is 1. The first-order valence-corrected chi connectivity index (χ1v) is 6.68. The summed E-state index contributed by atoms with van der Waals surface area (Å²) >= 11 is 1.83. The van der Waals surface area contributed by atoms with Crippen LogP contribution >= 0.6 is 11.8 Å². The minimum atomic E-state index is 0.238. The van der Waals surface area contributed by atoms with Crippen molar-refractivity contribution in [3.8, 4) is 0 Å². The Morgan fingerprint density at radius 2 is 2.40 bits per heavy atom. The van der Waals surface area contributed by atoms with Crippen molar-refractivity contribution in [3.05, 3.63) is 0 Å². The van der Waals surface area contributed by atoms with Gasteiger partial charge in [0.2, 0.25) is 0 Å². The first-order valence-electron chi connectivity index (χ1n) is 5.70. The van der Waals surface area contributed by atoms with Gasteiger partial charge in [-0.2, -0.15) is 0 Å². The first-order chi connectivity index (χ1) is 7.14. The summed E-state index contributed by atoms with van der Waals surface area (Å²) in [4.78, 5) is 4.42. The molecule has 0 aromatic heterocycles. The first kappa shape index (κ1) is 11.3. The van der Waals surface area contributed by atoms with Crippen LogP contribution in [0.1, 0.15) is 27.2 Å². The number of hydrogen-bond donors (Lipinski definition) is 1. The fourth-order valence-corrected chi connectivity index (χ4v) is 2.97. The van der Waals surface area contributed by atoms with Gasteiger partial charge in [-0.3, -0.25) is 4.99 Å². The van der Waals surface area contributed by atoms with Crippen molar-refractivity contribution >= 4 is 16.9 Å². The molecule has 0 bridgehead atoms. The highest BCUT2D eigenvalue weighted by molar-refractivity contribution is 8.14. The molecule has 0 amide bonds. The number of aliphatic imine (C=N–C) groups is 1. The second-order valence-corrected chi connectivity index (χ2v) is 5.82. The quantitative estimate of drug-likeness (QED) is 0.801. The Morgan fingerprint density at radius 1 is 1.60 bits per heavy atom. The molecule has 2 aliphatic rings. The van der Waals surface area contributed by atoms with Gasteiger partial charge in [-0.05, 0) is 13.3 Å². The number of amidine groups is 1. The maximum atomic E-state index is 5.70. The average molecular weight is 228 g/mol. The van der Waals surface area contributed by atoms with Crippen LogP contribution in [0.4, 0.5) is 0 Å². The van der Waals surface area contributed by atoms with E-state index in [4.69, 9.17) is 4.74 Å². The van der Waals surface area contributed by atoms with E-state index in [2.05, 4.69) is 31.1 Å². The van der Waals surface area contributed by atoms with Gasteiger partial charge in [0.15, 0.2) is 5.17 Å². The third-order valence-corrected chi connectivity index (χ3v) is 4.34. The maximum absolute atomic E-state index is 5.70. The molecule has 4 heteroatoms. The van der Waals surface area contributed by atoms with Crippen molar-refractivity contribution in [2.75, 3.05) is 18.9 Å². The van der Waals surface area contributed by atoms with Gasteiger partial charge in [0.1, 0.15) is 0 Å². The van der Waals surface area contributed by atoms with E-state index in [0.29, 0.717) is 12.1 Å². The largest absolute Gasteiger partial charge is 0.378 e. The normalized spacial score (nSPS) is 33.4. The summed E-state index contributed by atoms with van der Waals surface area (Å²) in [6.07, 6.45) is 1.52. The fraction of sp³-hybridized carbons (Fsp3) is 0.909. The van der Waals surface area contributed by atoms with Crippen molar-refractivity contribution in [3.63, 3.8) is 0 Å². The lowest BCUT2D eigenvalue weighted by Gasteiger charge is -2.51. The van der Waals surface area contributed by atoms with E-state index >= 15 is 0 Å². The summed E-state index contributed by atoms with van der Waals surface area (Å²) in [5, 5.41) is 4.65. The molecule has 0 spiro atoms. The summed E-state index contributed by atoms with van der Waals surface area (Å²) in [5.41, 5.74) is 0.238. The van der Waals surface area contributed by atoms with Gasteiger partial charge in [-0.15, -0.1) is 0 Å². The van der Waals surface area contributed by atoms with E-state index in [1.54, 1.807) is 0 Å². The van der Waals surface area contributed by atoms with Crippen LogP contribution in [0.2, 0.25) is 0 Å². The monoisotopic (exact) mass is 228 g/mol. The molecule has 2 atom stereocenters. The molecule has 0 radical (unpaired) electrons. The zero-order valence-corrected chi connectivity index (χ0v) is 10.6. The Morgan fingerprint density at radius 3 is 2.93 bits per heavy atom. The topological polar surface area (TPSA) is 33.6 Å². The van der Waals surface area contributed by atoms with E-state index < -0.39 is 0 Å². The van der Waals surface area contributed by atoms with Crippen LogP contribution in [0.3, 0.4) is 0 Å². The molecule has 0 saturated heterocycles. The molecule has 1 aliphatic carbocycles. The predicted octanol–water partition coefficient (Wildman–Crippen LogP) is 1.88. The Balaban J connectivity index is 1.85. The molecular formula is C11H20N2OS.